The monoisotopic (exact) mass is 458 g/mol. The highest BCUT2D eigenvalue weighted by Gasteiger charge is 2.40. The van der Waals surface area contributed by atoms with Crippen molar-refractivity contribution >= 4 is 35.0 Å². The largest absolute Gasteiger partial charge is 0.350 e. The van der Waals surface area contributed by atoms with E-state index >= 15 is 0 Å². The number of fused-ring (bicyclic) bond motifs is 1. The van der Waals surface area contributed by atoms with E-state index < -0.39 is 23.8 Å². The van der Waals surface area contributed by atoms with Crippen LogP contribution in [0.25, 0.3) is 0 Å². The van der Waals surface area contributed by atoms with Crippen LogP contribution in [0.4, 0.5) is 4.39 Å². The third-order valence-electron chi connectivity index (χ3n) is 5.77. The summed E-state index contributed by atoms with van der Waals surface area (Å²) >= 11 is 1.36. The number of nitrogens with zero attached hydrogens (tertiary/aromatic N) is 2. The number of rotatable bonds is 6. The van der Waals surface area contributed by atoms with Gasteiger partial charge in [-0.2, -0.15) is 0 Å². The van der Waals surface area contributed by atoms with E-state index in [1.165, 1.54) is 22.3 Å². The first-order valence-corrected chi connectivity index (χ1v) is 11.1. The Morgan fingerprint density at radius 2 is 2.06 bits per heavy atom. The number of hydrogen-bond acceptors (Lipinski definition) is 6. The molecule has 8 nitrogen and oxygen atoms in total. The Morgan fingerprint density at radius 3 is 2.75 bits per heavy atom. The van der Waals surface area contributed by atoms with Crippen LogP contribution in [0.2, 0.25) is 0 Å². The Labute approximate surface area is 188 Å². The number of carbonyl (C=O) groups is 4. The summed E-state index contributed by atoms with van der Waals surface area (Å²) in [6.45, 7) is 0.438. The molecule has 0 radical (unpaired) electrons. The topological polar surface area (TPSA) is 98.8 Å². The van der Waals surface area contributed by atoms with Gasteiger partial charge in [0.15, 0.2) is 0 Å². The lowest BCUT2D eigenvalue weighted by Crippen LogP contribution is -2.52. The van der Waals surface area contributed by atoms with E-state index in [4.69, 9.17) is 0 Å². The van der Waals surface area contributed by atoms with Crippen molar-refractivity contribution in [3.05, 3.63) is 57.0 Å². The minimum absolute atomic E-state index is 0.189. The zero-order valence-corrected chi connectivity index (χ0v) is 18.5. The van der Waals surface area contributed by atoms with E-state index in [1.54, 1.807) is 42.6 Å². The van der Waals surface area contributed by atoms with Crippen molar-refractivity contribution < 1.29 is 23.6 Å². The summed E-state index contributed by atoms with van der Waals surface area (Å²) in [5.74, 6) is -1.85. The fourth-order valence-corrected chi connectivity index (χ4v) is 5.14. The predicted octanol–water partition coefficient (Wildman–Crippen LogP) is 1.57. The summed E-state index contributed by atoms with van der Waals surface area (Å²) in [5, 5.41) is 6.86. The van der Waals surface area contributed by atoms with Gasteiger partial charge in [-0.15, -0.1) is 11.3 Å². The SMILES string of the molecule is CN(C)C(C(=O)NCc1scc2c1CN(C1CCC(=O)NC1=O)C2=O)c1ccccc1F. The minimum Gasteiger partial charge on any atom is -0.350 e. The maximum absolute atomic E-state index is 14.3. The second kappa shape index (κ2) is 8.79. The Bertz CT molecular complexity index is 1100. The van der Waals surface area contributed by atoms with E-state index in [9.17, 15) is 23.6 Å². The third-order valence-corrected chi connectivity index (χ3v) is 6.80. The average Bonchev–Trinajstić information content (AvgIpc) is 3.28. The molecule has 0 spiro atoms. The number of piperidine rings is 1. The summed E-state index contributed by atoms with van der Waals surface area (Å²) < 4.78 is 14.3. The second-order valence-corrected chi connectivity index (χ2v) is 9.02. The predicted molar refractivity (Wildman–Crippen MR) is 115 cm³/mol. The molecule has 10 heteroatoms. The standard InChI is InChI=1S/C22H23FN4O4S/c1-26(2)19(12-5-3-4-6-15(12)23)21(30)24-9-17-13-10-27(22(31)14(13)11-32-17)16-7-8-18(28)25-20(16)29/h3-6,11,16,19H,7-10H2,1-2H3,(H,24,30)(H,25,28,29). The molecule has 2 aromatic rings. The van der Waals surface area contributed by atoms with Gasteiger partial charge < -0.3 is 10.2 Å². The van der Waals surface area contributed by atoms with Crippen LogP contribution in [0, 0.1) is 5.82 Å². The highest BCUT2D eigenvalue weighted by Crippen LogP contribution is 2.34. The molecular formula is C22H23FN4O4S. The van der Waals surface area contributed by atoms with Crippen molar-refractivity contribution in [1.82, 2.24) is 20.4 Å². The zero-order valence-electron chi connectivity index (χ0n) is 17.7. The van der Waals surface area contributed by atoms with Gasteiger partial charge in [0, 0.05) is 28.8 Å². The first-order chi connectivity index (χ1) is 15.3. The molecule has 1 aromatic carbocycles. The third kappa shape index (κ3) is 4.03. The molecular weight excluding hydrogens is 435 g/mol. The molecule has 1 aromatic heterocycles. The second-order valence-electron chi connectivity index (χ2n) is 8.06. The Hall–Kier alpha value is -3.11. The van der Waals surface area contributed by atoms with Crippen molar-refractivity contribution in [2.45, 2.75) is 38.0 Å². The number of amides is 4. The molecule has 2 unspecified atom stereocenters. The van der Waals surface area contributed by atoms with Gasteiger partial charge in [-0.3, -0.25) is 29.4 Å². The molecule has 2 atom stereocenters. The highest BCUT2D eigenvalue weighted by molar-refractivity contribution is 7.10. The van der Waals surface area contributed by atoms with Gasteiger partial charge in [0.25, 0.3) is 5.91 Å². The van der Waals surface area contributed by atoms with Crippen LogP contribution in [0.3, 0.4) is 0 Å². The smallest absolute Gasteiger partial charge is 0.256 e. The van der Waals surface area contributed by atoms with Gasteiger partial charge in [0.2, 0.25) is 17.7 Å². The fourth-order valence-electron chi connectivity index (χ4n) is 4.17. The summed E-state index contributed by atoms with van der Waals surface area (Å²) in [7, 11) is 3.41. The molecule has 4 amide bonds. The van der Waals surface area contributed by atoms with Gasteiger partial charge in [0.05, 0.1) is 12.1 Å². The van der Waals surface area contributed by atoms with Crippen LogP contribution in [0.1, 0.15) is 45.2 Å². The molecule has 2 aliphatic heterocycles. The Morgan fingerprint density at radius 1 is 1.31 bits per heavy atom. The summed E-state index contributed by atoms with van der Waals surface area (Å²) in [4.78, 5) is 53.3. The summed E-state index contributed by atoms with van der Waals surface area (Å²) in [6, 6.07) is 4.68. The molecule has 0 aliphatic carbocycles. The minimum atomic E-state index is -0.800. The maximum Gasteiger partial charge on any atom is 0.256 e. The summed E-state index contributed by atoms with van der Waals surface area (Å²) in [6.07, 6.45) is 0.487. The number of likely N-dealkylation sites (N-methyl/N-ethyl adjacent to an activating group) is 1. The van der Waals surface area contributed by atoms with Crippen LogP contribution < -0.4 is 10.6 Å². The number of benzene rings is 1. The zero-order chi connectivity index (χ0) is 23.0. The molecule has 3 heterocycles. The number of imide groups is 1. The molecule has 0 saturated carbocycles. The molecule has 1 fully saturated rings. The van der Waals surface area contributed by atoms with E-state index in [1.807, 2.05) is 0 Å². The fraction of sp³-hybridized carbons (Fsp3) is 0.364. The van der Waals surface area contributed by atoms with Crippen LogP contribution in [0.5, 0.6) is 0 Å². The van der Waals surface area contributed by atoms with Gasteiger partial charge in [-0.25, -0.2) is 4.39 Å². The first-order valence-electron chi connectivity index (χ1n) is 10.2. The molecule has 32 heavy (non-hydrogen) atoms. The number of nitrogens with one attached hydrogen (secondary N) is 2. The number of carbonyl (C=O) groups excluding carboxylic acids is 4. The van der Waals surface area contributed by atoms with E-state index in [-0.39, 0.29) is 42.8 Å². The van der Waals surface area contributed by atoms with Gasteiger partial charge in [0.1, 0.15) is 17.9 Å². The van der Waals surface area contributed by atoms with Crippen molar-refractivity contribution in [2.75, 3.05) is 14.1 Å². The van der Waals surface area contributed by atoms with Crippen molar-refractivity contribution in [3.8, 4) is 0 Å². The van der Waals surface area contributed by atoms with Crippen LogP contribution in [0.15, 0.2) is 29.6 Å². The molecule has 2 aliphatic rings. The van der Waals surface area contributed by atoms with Crippen LogP contribution in [-0.2, 0) is 27.5 Å². The first kappa shape index (κ1) is 22.1. The Kier molecular flexibility index (Phi) is 6.07. The van der Waals surface area contributed by atoms with E-state index in [0.29, 0.717) is 12.0 Å². The van der Waals surface area contributed by atoms with Gasteiger partial charge >= 0.3 is 0 Å². The number of hydrogen-bond donors (Lipinski definition) is 2. The highest BCUT2D eigenvalue weighted by atomic mass is 32.1. The lowest BCUT2D eigenvalue weighted by molar-refractivity contribution is -0.137. The van der Waals surface area contributed by atoms with E-state index in [0.717, 1.165) is 10.4 Å². The van der Waals surface area contributed by atoms with Gasteiger partial charge in [-0.1, -0.05) is 18.2 Å². The maximum atomic E-state index is 14.3. The van der Waals surface area contributed by atoms with Crippen molar-refractivity contribution in [1.29, 1.82) is 0 Å². The molecule has 0 bridgehead atoms. The summed E-state index contributed by atoms with van der Waals surface area (Å²) in [5.41, 5.74) is 1.57. The van der Waals surface area contributed by atoms with Crippen LogP contribution in [-0.4, -0.2) is 53.6 Å². The normalized spacial score (nSPS) is 19.2. The molecule has 4 rings (SSSR count). The number of halogens is 1. The van der Waals surface area contributed by atoms with Crippen molar-refractivity contribution in [2.24, 2.45) is 0 Å². The lowest BCUT2D eigenvalue weighted by Gasteiger charge is -2.29. The van der Waals surface area contributed by atoms with E-state index in [2.05, 4.69) is 10.6 Å². The Balaban J connectivity index is 1.47. The number of thiophene rings is 1. The lowest BCUT2D eigenvalue weighted by atomic mass is 10.0. The van der Waals surface area contributed by atoms with Crippen molar-refractivity contribution in [3.63, 3.8) is 0 Å². The molecule has 1 saturated heterocycles. The molecule has 168 valence electrons. The van der Waals surface area contributed by atoms with Crippen LogP contribution >= 0.6 is 11.3 Å². The molecule has 2 N–H and O–H groups in total. The quantitative estimate of drug-likeness (QED) is 0.641. The van der Waals surface area contributed by atoms with Gasteiger partial charge in [-0.05, 0) is 32.1 Å². The average molecular weight is 459 g/mol.